The first kappa shape index (κ1) is 18.2. The van der Waals surface area contributed by atoms with E-state index >= 15 is 0 Å². The van der Waals surface area contributed by atoms with Crippen LogP contribution in [0.4, 0.5) is 0 Å². The van der Waals surface area contributed by atoms with Crippen molar-refractivity contribution >= 4 is 11.8 Å². The Labute approximate surface area is 155 Å². The van der Waals surface area contributed by atoms with Crippen LogP contribution in [-0.4, -0.2) is 41.4 Å². The van der Waals surface area contributed by atoms with E-state index in [1.807, 2.05) is 72.6 Å². The van der Waals surface area contributed by atoms with Gasteiger partial charge in [0, 0.05) is 19.2 Å². The molecule has 0 N–H and O–H groups in total. The molecular weight excluding hydrogens is 324 g/mol. The number of hydrogen-bond donors (Lipinski definition) is 0. The molecule has 0 spiro atoms. The van der Waals surface area contributed by atoms with E-state index < -0.39 is 0 Å². The number of carbonyl (C=O) groups is 2. The molecule has 1 aliphatic rings. The van der Waals surface area contributed by atoms with Crippen LogP contribution in [0.25, 0.3) is 0 Å². The monoisotopic (exact) mass is 350 g/mol. The van der Waals surface area contributed by atoms with Crippen molar-refractivity contribution in [2.45, 2.75) is 26.4 Å². The van der Waals surface area contributed by atoms with Gasteiger partial charge in [0.15, 0.2) is 0 Å². The first-order valence-corrected chi connectivity index (χ1v) is 9.15. The standard InChI is InChI=1S/C22H26N2O2/c1-16(2)20-23(3)21(25)19(14-17-10-6-4-7-11-17)15-24(20)22(26)18-12-8-5-9-13-18/h4-13,16,19-20H,14-15H2,1-3H3/t19-,20-/m0/s1. The molecule has 136 valence electrons. The third kappa shape index (κ3) is 3.64. The minimum absolute atomic E-state index is 0.0123. The van der Waals surface area contributed by atoms with Crippen LogP contribution in [0.3, 0.4) is 0 Å². The van der Waals surface area contributed by atoms with Crippen molar-refractivity contribution in [3.8, 4) is 0 Å². The molecule has 1 fully saturated rings. The molecule has 2 amide bonds. The second kappa shape index (κ2) is 7.73. The Balaban J connectivity index is 1.89. The minimum Gasteiger partial charge on any atom is -0.325 e. The quantitative estimate of drug-likeness (QED) is 0.847. The summed E-state index contributed by atoms with van der Waals surface area (Å²) in [5.41, 5.74) is 1.79. The number of amides is 2. The van der Waals surface area contributed by atoms with Crippen LogP contribution >= 0.6 is 0 Å². The van der Waals surface area contributed by atoms with Gasteiger partial charge in [-0.05, 0) is 30.0 Å². The predicted molar refractivity (Wildman–Crippen MR) is 103 cm³/mol. The van der Waals surface area contributed by atoms with Gasteiger partial charge in [0.1, 0.15) is 6.17 Å². The van der Waals surface area contributed by atoms with Crippen LogP contribution in [0, 0.1) is 11.8 Å². The molecule has 2 aromatic rings. The number of hydrogen-bond acceptors (Lipinski definition) is 2. The van der Waals surface area contributed by atoms with Crippen molar-refractivity contribution < 1.29 is 9.59 Å². The Kier molecular flexibility index (Phi) is 5.40. The maximum Gasteiger partial charge on any atom is 0.255 e. The number of benzene rings is 2. The van der Waals surface area contributed by atoms with Crippen LogP contribution in [0.5, 0.6) is 0 Å². The van der Waals surface area contributed by atoms with Gasteiger partial charge in [-0.25, -0.2) is 0 Å². The van der Waals surface area contributed by atoms with Crippen molar-refractivity contribution in [3.63, 3.8) is 0 Å². The average molecular weight is 350 g/mol. The Morgan fingerprint density at radius 1 is 1.04 bits per heavy atom. The maximum absolute atomic E-state index is 13.2. The third-order valence-corrected chi connectivity index (χ3v) is 5.03. The van der Waals surface area contributed by atoms with Crippen LogP contribution < -0.4 is 0 Å². The summed E-state index contributed by atoms with van der Waals surface area (Å²) in [6.07, 6.45) is 0.426. The summed E-state index contributed by atoms with van der Waals surface area (Å²) in [6.45, 7) is 4.56. The van der Waals surface area contributed by atoms with Crippen molar-refractivity contribution in [2.75, 3.05) is 13.6 Å². The molecule has 3 rings (SSSR count). The summed E-state index contributed by atoms with van der Waals surface area (Å²) in [4.78, 5) is 29.7. The smallest absolute Gasteiger partial charge is 0.255 e. The number of rotatable bonds is 4. The van der Waals surface area contributed by atoms with E-state index in [9.17, 15) is 9.59 Å². The molecule has 4 nitrogen and oxygen atoms in total. The predicted octanol–water partition coefficient (Wildman–Crippen LogP) is 3.44. The lowest BCUT2D eigenvalue weighted by Crippen LogP contribution is -2.62. The fourth-order valence-electron chi connectivity index (χ4n) is 3.86. The van der Waals surface area contributed by atoms with E-state index in [1.54, 1.807) is 4.90 Å². The van der Waals surface area contributed by atoms with Gasteiger partial charge in [-0.15, -0.1) is 0 Å². The summed E-state index contributed by atoms with van der Waals surface area (Å²) in [7, 11) is 1.81. The minimum atomic E-state index is -0.220. The van der Waals surface area contributed by atoms with Gasteiger partial charge >= 0.3 is 0 Å². The highest BCUT2D eigenvalue weighted by Crippen LogP contribution is 2.27. The van der Waals surface area contributed by atoms with E-state index in [-0.39, 0.29) is 29.8 Å². The molecule has 4 heteroatoms. The summed E-state index contributed by atoms with van der Waals surface area (Å²) in [6, 6.07) is 19.3. The molecule has 0 aliphatic carbocycles. The number of carbonyl (C=O) groups excluding carboxylic acids is 2. The lowest BCUT2D eigenvalue weighted by molar-refractivity contribution is -0.148. The third-order valence-electron chi connectivity index (χ3n) is 5.03. The van der Waals surface area contributed by atoms with Gasteiger partial charge in [-0.3, -0.25) is 9.59 Å². The maximum atomic E-state index is 13.2. The molecule has 1 heterocycles. The Bertz CT molecular complexity index is 758. The van der Waals surface area contributed by atoms with Crippen LogP contribution in [-0.2, 0) is 11.2 Å². The van der Waals surface area contributed by atoms with E-state index in [0.29, 0.717) is 18.5 Å². The topological polar surface area (TPSA) is 40.6 Å². The van der Waals surface area contributed by atoms with Crippen molar-refractivity contribution in [1.29, 1.82) is 0 Å². The van der Waals surface area contributed by atoms with Gasteiger partial charge in [-0.1, -0.05) is 62.4 Å². The first-order chi connectivity index (χ1) is 12.5. The highest BCUT2D eigenvalue weighted by Gasteiger charge is 2.41. The average Bonchev–Trinajstić information content (AvgIpc) is 2.66. The summed E-state index contributed by atoms with van der Waals surface area (Å²) in [5.74, 6) is 0.0470. The second-order valence-corrected chi connectivity index (χ2v) is 7.32. The molecule has 26 heavy (non-hydrogen) atoms. The van der Waals surface area contributed by atoms with E-state index in [2.05, 4.69) is 13.8 Å². The van der Waals surface area contributed by atoms with Crippen molar-refractivity contribution in [2.24, 2.45) is 11.8 Å². The van der Waals surface area contributed by atoms with Crippen LogP contribution in [0.15, 0.2) is 60.7 Å². The molecule has 0 bridgehead atoms. The SMILES string of the molecule is CC(C)[C@H]1N(C)C(=O)[C@@H](Cc2ccccc2)CN1C(=O)c1ccccc1. The lowest BCUT2D eigenvalue weighted by atomic mass is 9.92. The molecule has 0 saturated carbocycles. The highest BCUT2D eigenvalue weighted by atomic mass is 16.2. The Morgan fingerprint density at radius 2 is 1.62 bits per heavy atom. The van der Waals surface area contributed by atoms with E-state index in [1.165, 1.54) is 0 Å². The van der Waals surface area contributed by atoms with E-state index in [4.69, 9.17) is 0 Å². The molecule has 2 aromatic carbocycles. The molecule has 0 aromatic heterocycles. The Hall–Kier alpha value is -2.62. The summed E-state index contributed by atoms with van der Waals surface area (Å²) >= 11 is 0. The van der Waals surface area contributed by atoms with Gasteiger partial charge in [-0.2, -0.15) is 0 Å². The zero-order chi connectivity index (χ0) is 18.7. The fourth-order valence-corrected chi connectivity index (χ4v) is 3.86. The zero-order valence-electron chi connectivity index (χ0n) is 15.6. The second-order valence-electron chi connectivity index (χ2n) is 7.32. The van der Waals surface area contributed by atoms with Gasteiger partial charge in [0.05, 0.1) is 5.92 Å². The highest BCUT2D eigenvalue weighted by molar-refractivity contribution is 5.95. The first-order valence-electron chi connectivity index (χ1n) is 9.15. The number of nitrogens with zero attached hydrogens (tertiary/aromatic N) is 2. The van der Waals surface area contributed by atoms with Gasteiger partial charge in [0.2, 0.25) is 5.91 Å². The molecular formula is C22H26N2O2. The van der Waals surface area contributed by atoms with Crippen molar-refractivity contribution in [1.82, 2.24) is 9.80 Å². The fraction of sp³-hybridized carbons (Fsp3) is 0.364. The summed E-state index contributed by atoms with van der Waals surface area (Å²) < 4.78 is 0. The largest absolute Gasteiger partial charge is 0.325 e. The lowest BCUT2D eigenvalue weighted by Gasteiger charge is -2.47. The molecule has 1 saturated heterocycles. The zero-order valence-corrected chi connectivity index (χ0v) is 15.6. The van der Waals surface area contributed by atoms with Gasteiger partial charge < -0.3 is 9.80 Å². The summed E-state index contributed by atoms with van der Waals surface area (Å²) in [5, 5.41) is 0. The Morgan fingerprint density at radius 3 is 2.19 bits per heavy atom. The van der Waals surface area contributed by atoms with Crippen LogP contribution in [0.2, 0.25) is 0 Å². The molecule has 0 radical (unpaired) electrons. The van der Waals surface area contributed by atoms with Crippen molar-refractivity contribution in [3.05, 3.63) is 71.8 Å². The van der Waals surface area contributed by atoms with E-state index in [0.717, 1.165) is 5.56 Å². The molecule has 1 aliphatic heterocycles. The normalized spacial score (nSPS) is 20.5. The molecule has 2 atom stereocenters. The molecule has 0 unspecified atom stereocenters. The van der Waals surface area contributed by atoms with Gasteiger partial charge in [0.25, 0.3) is 5.91 Å². The van der Waals surface area contributed by atoms with Crippen LogP contribution in [0.1, 0.15) is 29.8 Å².